The Morgan fingerprint density at radius 1 is 1.16 bits per heavy atom. The van der Waals surface area contributed by atoms with Gasteiger partial charge in [-0.1, -0.05) is 42.5 Å². The average molecular weight is 369 g/mol. The summed E-state index contributed by atoms with van der Waals surface area (Å²) < 4.78 is 0. The van der Waals surface area contributed by atoms with Gasteiger partial charge in [0.1, 0.15) is 5.01 Å². The minimum absolute atomic E-state index is 0.0962. The van der Waals surface area contributed by atoms with Crippen LogP contribution >= 0.6 is 22.7 Å². The van der Waals surface area contributed by atoms with E-state index in [4.69, 9.17) is 0 Å². The van der Waals surface area contributed by atoms with Crippen molar-refractivity contribution in [2.24, 2.45) is 0 Å². The lowest BCUT2D eigenvalue weighted by Crippen LogP contribution is -2.34. The van der Waals surface area contributed by atoms with Crippen LogP contribution < -0.4 is 0 Å². The minimum atomic E-state index is 0.0962. The Labute approximate surface area is 156 Å². The quantitative estimate of drug-likeness (QED) is 0.541. The first-order chi connectivity index (χ1) is 12.3. The standard InChI is InChI=1S/C20H20N2OS2/c1-2-11-22(12-10-16-7-4-3-5-8-16)19(23)14-17-15-25-20(21-17)18-9-6-13-24-18/h2-9,13,15H,1,10-12,14H2. The van der Waals surface area contributed by atoms with E-state index < -0.39 is 0 Å². The molecular formula is C20H20N2OS2. The van der Waals surface area contributed by atoms with E-state index in [1.807, 2.05) is 39.9 Å². The maximum Gasteiger partial charge on any atom is 0.228 e. The summed E-state index contributed by atoms with van der Waals surface area (Å²) in [7, 11) is 0. The molecular weight excluding hydrogens is 348 g/mol. The number of aromatic nitrogens is 1. The van der Waals surface area contributed by atoms with Crippen molar-refractivity contribution in [3.63, 3.8) is 0 Å². The van der Waals surface area contributed by atoms with Crippen molar-refractivity contribution in [2.45, 2.75) is 12.8 Å². The fraction of sp³-hybridized carbons (Fsp3) is 0.200. The van der Waals surface area contributed by atoms with Gasteiger partial charge in [-0.2, -0.15) is 0 Å². The first-order valence-electron chi connectivity index (χ1n) is 8.17. The summed E-state index contributed by atoms with van der Waals surface area (Å²) in [6.07, 6.45) is 2.96. The van der Waals surface area contributed by atoms with Gasteiger partial charge in [-0.15, -0.1) is 29.3 Å². The molecule has 0 bridgehead atoms. The third-order valence-electron chi connectivity index (χ3n) is 3.83. The van der Waals surface area contributed by atoms with Crippen LogP contribution in [0.2, 0.25) is 0 Å². The summed E-state index contributed by atoms with van der Waals surface area (Å²) in [5.41, 5.74) is 2.07. The Balaban J connectivity index is 1.61. The summed E-state index contributed by atoms with van der Waals surface area (Å²) in [6.45, 7) is 5.03. The van der Waals surface area contributed by atoms with Crippen molar-refractivity contribution in [1.82, 2.24) is 9.88 Å². The number of hydrogen-bond donors (Lipinski definition) is 0. The smallest absolute Gasteiger partial charge is 0.228 e. The molecule has 2 aromatic heterocycles. The fourth-order valence-corrected chi connectivity index (χ4v) is 4.18. The first-order valence-corrected chi connectivity index (χ1v) is 9.93. The molecule has 0 unspecified atom stereocenters. The molecule has 128 valence electrons. The van der Waals surface area contributed by atoms with Crippen molar-refractivity contribution in [3.05, 3.63) is 77.1 Å². The van der Waals surface area contributed by atoms with Gasteiger partial charge in [0.15, 0.2) is 0 Å². The van der Waals surface area contributed by atoms with Crippen LogP contribution in [0.15, 0.2) is 65.9 Å². The third kappa shape index (κ3) is 4.87. The van der Waals surface area contributed by atoms with Gasteiger partial charge < -0.3 is 4.90 Å². The van der Waals surface area contributed by atoms with Crippen LogP contribution in [0.1, 0.15) is 11.3 Å². The van der Waals surface area contributed by atoms with E-state index in [1.165, 1.54) is 5.56 Å². The molecule has 3 rings (SSSR count). The molecule has 3 aromatic rings. The predicted octanol–water partition coefficient (Wildman–Crippen LogP) is 4.67. The van der Waals surface area contributed by atoms with Crippen molar-refractivity contribution in [1.29, 1.82) is 0 Å². The lowest BCUT2D eigenvalue weighted by molar-refractivity contribution is -0.130. The molecule has 5 heteroatoms. The minimum Gasteiger partial charge on any atom is -0.338 e. The van der Waals surface area contributed by atoms with Crippen LogP contribution in [0.5, 0.6) is 0 Å². The molecule has 25 heavy (non-hydrogen) atoms. The van der Waals surface area contributed by atoms with E-state index in [0.717, 1.165) is 22.0 Å². The topological polar surface area (TPSA) is 33.2 Å². The van der Waals surface area contributed by atoms with Gasteiger partial charge in [-0.25, -0.2) is 4.98 Å². The van der Waals surface area contributed by atoms with Gasteiger partial charge >= 0.3 is 0 Å². The van der Waals surface area contributed by atoms with Crippen molar-refractivity contribution in [2.75, 3.05) is 13.1 Å². The number of nitrogens with zero attached hydrogens (tertiary/aromatic N) is 2. The SMILES string of the molecule is C=CCN(CCc1ccccc1)C(=O)Cc1csc(-c2cccs2)n1. The summed E-state index contributed by atoms with van der Waals surface area (Å²) in [6, 6.07) is 14.3. The molecule has 1 aromatic carbocycles. The molecule has 0 saturated carbocycles. The molecule has 2 heterocycles. The summed E-state index contributed by atoms with van der Waals surface area (Å²) >= 11 is 3.26. The van der Waals surface area contributed by atoms with E-state index in [9.17, 15) is 4.79 Å². The number of benzene rings is 1. The van der Waals surface area contributed by atoms with Gasteiger partial charge in [0.25, 0.3) is 0 Å². The van der Waals surface area contributed by atoms with Crippen LogP contribution in [-0.2, 0) is 17.6 Å². The molecule has 0 radical (unpaired) electrons. The summed E-state index contributed by atoms with van der Waals surface area (Å²) in [5.74, 6) is 0.0962. The highest BCUT2D eigenvalue weighted by Crippen LogP contribution is 2.28. The molecule has 0 fully saturated rings. The monoisotopic (exact) mass is 368 g/mol. The molecule has 0 aliphatic carbocycles. The highest BCUT2D eigenvalue weighted by Gasteiger charge is 2.15. The highest BCUT2D eigenvalue weighted by molar-refractivity contribution is 7.20. The molecule has 0 atom stereocenters. The van der Waals surface area contributed by atoms with Crippen LogP contribution in [0.25, 0.3) is 9.88 Å². The number of thiophene rings is 1. The average Bonchev–Trinajstić information content (AvgIpc) is 3.31. The predicted molar refractivity (Wildman–Crippen MR) is 106 cm³/mol. The van der Waals surface area contributed by atoms with E-state index >= 15 is 0 Å². The second-order valence-electron chi connectivity index (χ2n) is 5.66. The molecule has 0 spiro atoms. The number of rotatable bonds is 8. The maximum absolute atomic E-state index is 12.7. The van der Waals surface area contributed by atoms with Crippen LogP contribution in [0.3, 0.4) is 0 Å². The number of hydrogen-bond acceptors (Lipinski definition) is 4. The van der Waals surface area contributed by atoms with Gasteiger partial charge in [0, 0.05) is 18.5 Å². The van der Waals surface area contributed by atoms with E-state index in [-0.39, 0.29) is 5.91 Å². The first kappa shape index (κ1) is 17.6. The van der Waals surface area contributed by atoms with Crippen LogP contribution in [0.4, 0.5) is 0 Å². The van der Waals surface area contributed by atoms with Gasteiger partial charge in [-0.3, -0.25) is 4.79 Å². The molecule has 0 N–H and O–H groups in total. The normalized spacial score (nSPS) is 10.6. The Hall–Kier alpha value is -2.24. The Morgan fingerprint density at radius 3 is 2.72 bits per heavy atom. The Kier molecular flexibility index (Phi) is 6.14. The van der Waals surface area contributed by atoms with E-state index in [2.05, 4.69) is 29.8 Å². The molecule has 0 aliphatic rings. The zero-order valence-electron chi connectivity index (χ0n) is 13.9. The number of amides is 1. The molecule has 0 aliphatic heterocycles. The number of carbonyl (C=O) groups excluding carboxylic acids is 1. The van der Waals surface area contributed by atoms with Gasteiger partial charge in [0.2, 0.25) is 5.91 Å². The second kappa shape index (κ2) is 8.74. The zero-order valence-corrected chi connectivity index (χ0v) is 15.6. The van der Waals surface area contributed by atoms with E-state index in [1.54, 1.807) is 28.7 Å². The van der Waals surface area contributed by atoms with Crippen LogP contribution in [0, 0.1) is 0 Å². The molecule has 0 saturated heterocycles. The second-order valence-corrected chi connectivity index (χ2v) is 7.47. The zero-order chi connectivity index (χ0) is 17.5. The van der Waals surface area contributed by atoms with Crippen molar-refractivity contribution >= 4 is 28.6 Å². The van der Waals surface area contributed by atoms with Gasteiger partial charge in [0.05, 0.1) is 17.0 Å². The summed E-state index contributed by atoms with van der Waals surface area (Å²) in [5, 5.41) is 5.00. The molecule has 1 amide bonds. The van der Waals surface area contributed by atoms with Crippen LogP contribution in [-0.4, -0.2) is 28.9 Å². The maximum atomic E-state index is 12.7. The number of thiazole rings is 1. The highest BCUT2D eigenvalue weighted by atomic mass is 32.1. The van der Waals surface area contributed by atoms with Gasteiger partial charge in [-0.05, 0) is 23.4 Å². The lowest BCUT2D eigenvalue weighted by atomic mass is 10.1. The Bertz CT molecular complexity index is 809. The van der Waals surface area contributed by atoms with Crippen molar-refractivity contribution < 1.29 is 4.79 Å². The lowest BCUT2D eigenvalue weighted by Gasteiger charge is -2.20. The largest absolute Gasteiger partial charge is 0.338 e. The number of carbonyl (C=O) groups is 1. The van der Waals surface area contributed by atoms with E-state index in [0.29, 0.717) is 19.5 Å². The summed E-state index contributed by atoms with van der Waals surface area (Å²) in [4.78, 5) is 20.3. The molecule has 3 nitrogen and oxygen atoms in total. The Morgan fingerprint density at radius 2 is 2.00 bits per heavy atom. The van der Waals surface area contributed by atoms with Crippen molar-refractivity contribution in [3.8, 4) is 9.88 Å². The third-order valence-corrected chi connectivity index (χ3v) is 5.76. The fourth-order valence-electron chi connectivity index (χ4n) is 2.55.